The smallest absolute Gasteiger partial charge is 0.229 e. The number of hydrogen-bond acceptors (Lipinski definition) is 4. The van der Waals surface area contributed by atoms with Gasteiger partial charge in [-0.3, -0.25) is 4.79 Å². The summed E-state index contributed by atoms with van der Waals surface area (Å²) in [5.41, 5.74) is 0.975. The molecule has 1 aromatic rings. The van der Waals surface area contributed by atoms with Crippen LogP contribution in [0.25, 0.3) is 0 Å². The maximum Gasteiger partial charge on any atom is 0.229 e. The Kier molecular flexibility index (Phi) is 2.56. The number of rotatable bonds is 3. The van der Waals surface area contributed by atoms with E-state index in [0.29, 0.717) is 6.61 Å². The maximum atomic E-state index is 12.4. The van der Waals surface area contributed by atoms with E-state index >= 15 is 0 Å². The summed E-state index contributed by atoms with van der Waals surface area (Å²) in [5.74, 6) is 1.39. The number of piperidine rings is 1. The Morgan fingerprint density at radius 3 is 2.80 bits per heavy atom. The topological polar surface area (TPSA) is 59.0 Å². The number of ether oxygens (including phenoxy) is 2. The van der Waals surface area contributed by atoms with Crippen molar-refractivity contribution in [2.24, 2.45) is 17.8 Å². The number of aliphatic hydroxyl groups is 1. The first-order valence-corrected chi connectivity index (χ1v) is 6.95. The highest BCUT2D eigenvalue weighted by atomic mass is 16.5. The molecule has 1 N–H and O–H groups in total. The van der Waals surface area contributed by atoms with Gasteiger partial charge in [-0.2, -0.15) is 0 Å². The Balaban J connectivity index is 1.58. The minimum atomic E-state index is -0.287. The number of carbonyl (C=O) groups is 1. The quantitative estimate of drug-likeness (QED) is 0.886. The lowest BCUT2D eigenvalue weighted by Crippen LogP contribution is -2.36. The largest absolute Gasteiger partial charge is 0.497 e. The zero-order valence-electron chi connectivity index (χ0n) is 11.2. The summed E-state index contributed by atoms with van der Waals surface area (Å²) in [6.45, 7) is 0.679. The number of benzene rings is 1. The highest BCUT2D eigenvalue weighted by Gasteiger charge is 2.69. The number of carbonyl (C=O) groups excluding carboxylic acids is 1. The van der Waals surface area contributed by atoms with E-state index < -0.39 is 0 Å². The molecule has 106 valence electrons. The van der Waals surface area contributed by atoms with Gasteiger partial charge >= 0.3 is 0 Å². The predicted octanol–water partition coefficient (Wildman–Crippen LogP) is 0.789. The van der Waals surface area contributed by atoms with E-state index in [1.807, 2.05) is 29.2 Å². The number of nitrogens with zero attached hydrogens (tertiary/aromatic N) is 1. The van der Waals surface area contributed by atoms with Crippen molar-refractivity contribution in [1.29, 1.82) is 0 Å². The van der Waals surface area contributed by atoms with Crippen LogP contribution in [0.4, 0.5) is 0 Å². The van der Waals surface area contributed by atoms with Gasteiger partial charge in [0.05, 0.1) is 19.8 Å². The first-order chi connectivity index (χ1) is 9.76. The van der Waals surface area contributed by atoms with Gasteiger partial charge in [-0.25, -0.2) is 0 Å². The van der Waals surface area contributed by atoms with Crippen molar-refractivity contribution in [1.82, 2.24) is 4.90 Å². The molecule has 5 atom stereocenters. The third kappa shape index (κ3) is 1.47. The second kappa shape index (κ2) is 4.20. The van der Waals surface area contributed by atoms with Gasteiger partial charge in [0.15, 0.2) is 6.23 Å². The van der Waals surface area contributed by atoms with Gasteiger partial charge in [0.1, 0.15) is 5.75 Å². The average molecular weight is 275 g/mol. The van der Waals surface area contributed by atoms with Crippen LogP contribution < -0.4 is 4.74 Å². The fourth-order valence-corrected chi connectivity index (χ4v) is 3.81. The molecule has 5 unspecified atom stereocenters. The molecule has 3 fully saturated rings. The predicted molar refractivity (Wildman–Crippen MR) is 69.9 cm³/mol. The van der Waals surface area contributed by atoms with Crippen LogP contribution in [-0.4, -0.2) is 42.3 Å². The fourth-order valence-electron chi connectivity index (χ4n) is 3.81. The van der Waals surface area contributed by atoms with Crippen molar-refractivity contribution < 1.29 is 19.4 Å². The van der Waals surface area contributed by atoms with Gasteiger partial charge in [0.2, 0.25) is 5.91 Å². The molecule has 0 spiro atoms. The number of amides is 1. The number of hydrogen-bond donors (Lipinski definition) is 1. The average Bonchev–Trinajstić information content (AvgIpc) is 2.93. The molecule has 4 rings (SSSR count). The maximum absolute atomic E-state index is 12.4. The van der Waals surface area contributed by atoms with Gasteiger partial charge < -0.3 is 19.5 Å². The summed E-state index contributed by atoms with van der Waals surface area (Å²) in [4.78, 5) is 14.3. The molecule has 3 aliphatic rings. The van der Waals surface area contributed by atoms with Crippen LogP contribution in [-0.2, 0) is 9.53 Å². The van der Waals surface area contributed by atoms with Crippen LogP contribution in [0.2, 0.25) is 0 Å². The molecule has 1 amide bonds. The summed E-state index contributed by atoms with van der Waals surface area (Å²) in [7, 11) is 1.63. The monoisotopic (exact) mass is 275 g/mol. The molecule has 2 saturated heterocycles. The van der Waals surface area contributed by atoms with Crippen LogP contribution in [0, 0.1) is 17.8 Å². The lowest BCUT2D eigenvalue weighted by molar-refractivity contribution is -0.137. The van der Waals surface area contributed by atoms with E-state index in [1.165, 1.54) is 0 Å². The summed E-state index contributed by atoms with van der Waals surface area (Å²) in [6, 6.07) is 7.77. The molecule has 0 aromatic heterocycles. The van der Waals surface area contributed by atoms with Gasteiger partial charge in [0.25, 0.3) is 0 Å². The lowest BCUT2D eigenvalue weighted by atomic mass is 10.1. The Morgan fingerprint density at radius 1 is 1.40 bits per heavy atom. The molecule has 20 heavy (non-hydrogen) atoms. The van der Waals surface area contributed by atoms with Crippen molar-refractivity contribution in [2.45, 2.75) is 12.3 Å². The minimum Gasteiger partial charge on any atom is -0.497 e. The summed E-state index contributed by atoms with van der Waals surface area (Å²) in [6.07, 6.45) is -0.287. The third-order valence-corrected chi connectivity index (χ3v) is 4.86. The van der Waals surface area contributed by atoms with Crippen molar-refractivity contribution >= 4 is 5.91 Å². The van der Waals surface area contributed by atoms with Crippen molar-refractivity contribution in [3.63, 3.8) is 0 Å². The Bertz CT molecular complexity index is 543. The summed E-state index contributed by atoms with van der Waals surface area (Å²) >= 11 is 0. The molecular weight excluding hydrogens is 258 g/mol. The fraction of sp³-hybridized carbons (Fsp3) is 0.533. The van der Waals surface area contributed by atoms with Gasteiger partial charge in [-0.1, -0.05) is 12.1 Å². The Labute approximate surface area is 117 Å². The Morgan fingerprint density at radius 2 is 2.15 bits per heavy atom. The van der Waals surface area contributed by atoms with E-state index in [0.717, 1.165) is 11.3 Å². The Hall–Kier alpha value is -1.59. The molecule has 2 aliphatic heterocycles. The lowest BCUT2D eigenvalue weighted by Gasteiger charge is -2.25. The van der Waals surface area contributed by atoms with E-state index in [1.54, 1.807) is 7.11 Å². The van der Waals surface area contributed by atoms with E-state index in [4.69, 9.17) is 9.47 Å². The van der Waals surface area contributed by atoms with E-state index in [9.17, 15) is 9.90 Å². The number of methoxy groups -OCH3 is 1. The summed E-state index contributed by atoms with van der Waals surface area (Å²) in [5, 5.41) is 9.26. The van der Waals surface area contributed by atoms with Crippen molar-refractivity contribution in [3.8, 4) is 5.75 Å². The zero-order chi connectivity index (χ0) is 13.9. The molecule has 0 radical (unpaired) electrons. The standard InChI is InChI=1S/C15H17NO4/c1-19-9-4-2-8(3-5-9)15-16-11(7-20-15)12-10(6-17)13(12)14(16)18/h2-5,10-13,15,17H,6-7H2,1H3. The van der Waals surface area contributed by atoms with Gasteiger partial charge in [-0.15, -0.1) is 0 Å². The highest BCUT2D eigenvalue weighted by molar-refractivity contribution is 5.86. The van der Waals surface area contributed by atoms with Gasteiger partial charge in [-0.05, 0) is 24.0 Å². The first kappa shape index (κ1) is 12.2. The molecule has 0 bridgehead atoms. The van der Waals surface area contributed by atoms with Crippen LogP contribution in [0.15, 0.2) is 24.3 Å². The molecule has 5 heteroatoms. The highest BCUT2D eigenvalue weighted by Crippen LogP contribution is 2.59. The van der Waals surface area contributed by atoms with Crippen LogP contribution in [0.3, 0.4) is 0 Å². The number of aliphatic hydroxyl groups excluding tert-OH is 1. The number of fused-ring (bicyclic) bond motifs is 3. The van der Waals surface area contributed by atoms with Crippen LogP contribution in [0.5, 0.6) is 5.75 Å². The molecule has 1 saturated carbocycles. The molecule has 1 aromatic carbocycles. The molecule has 2 heterocycles. The second-order valence-electron chi connectivity index (χ2n) is 5.72. The van der Waals surface area contributed by atoms with E-state index in [-0.39, 0.29) is 42.5 Å². The SMILES string of the molecule is COc1ccc(C2OCC3C4C(CO)C4C(=O)N23)cc1. The van der Waals surface area contributed by atoms with E-state index in [2.05, 4.69) is 0 Å². The van der Waals surface area contributed by atoms with Crippen LogP contribution in [0.1, 0.15) is 11.8 Å². The minimum absolute atomic E-state index is 0.0228. The zero-order valence-corrected chi connectivity index (χ0v) is 11.2. The normalized spacial score (nSPS) is 37.8. The van der Waals surface area contributed by atoms with Gasteiger partial charge in [0, 0.05) is 18.1 Å². The molecular formula is C15H17NO4. The van der Waals surface area contributed by atoms with Crippen molar-refractivity contribution in [3.05, 3.63) is 29.8 Å². The summed E-state index contributed by atoms with van der Waals surface area (Å²) < 4.78 is 11.0. The van der Waals surface area contributed by atoms with Crippen molar-refractivity contribution in [2.75, 3.05) is 20.3 Å². The van der Waals surface area contributed by atoms with Crippen LogP contribution >= 0.6 is 0 Å². The molecule has 5 nitrogen and oxygen atoms in total. The molecule has 1 aliphatic carbocycles. The second-order valence-corrected chi connectivity index (χ2v) is 5.72. The third-order valence-electron chi connectivity index (χ3n) is 4.86. The first-order valence-electron chi connectivity index (χ1n) is 6.95.